The number of aryl methyl sites for hydroxylation is 1. The van der Waals surface area contributed by atoms with E-state index in [9.17, 15) is 8.42 Å². The van der Waals surface area contributed by atoms with Crippen LogP contribution in [0.3, 0.4) is 0 Å². The van der Waals surface area contributed by atoms with Crippen LogP contribution in [0.1, 0.15) is 0 Å². The van der Waals surface area contributed by atoms with E-state index in [-0.39, 0.29) is 18.1 Å². The van der Waals surface area contributed by atoms with Gasteiger partial charge in [-0.25, -0.2) is 13.1 Å². The van der Waals surface area contributed by atoms with E-state index in [2.05, 4.69) is 9.82 Å². The van der Waals surface area contributed by atoms with Gasteiger partial charge in [-0.1, -0.05) is 0 Å². The first kappa shape index (κ1) is 10.2. The molecule has 6 nitrogen and oxygen atoms in total. The molecule has 1 aromatic rings. The van der Waals surface area contributed by atoms with Gasteiger partial charge in [0.2, 0.25) is 0 Å². The van der Waals surface area contributed by atoms with E-state index in [1.165, 1.54) is 16.9 Å². The summed E-state index contributed by atoms with van der Waals surface area (Å²) in [6, 6.07) is 1.43. The van der Waals surface area contributed by atoms with Crippen LogP contribution >= 0.6 is 0 Å². The number of aromatic nitrogens is 2. The van der Waals surface area contributed by atoms with Crippen LogP contribution < -0.4 is 10.5 Å². The third kappa shape index (κ3) is 2.27. The van der Waals surface area contributed by atoms with Gasteiger partial charge in [-0.2, -0.15) is 5.10 Å². The zero-order valence-corrected chi connectivity index (χ0v) is 8.08. The molecule has 74 valence electrons. The summed E-state index contributed by atoms with van der Waals surface area (Å²) in [5, 5.41) is 3.90. The monoisotopic (exact) mass is 204 g/mol. The molecule has 0 aromatic carbocycles. The van der Waals surface area contributed by atoms with Crippen LogP contribution in [-0.4, -0.2) is 31.3 Å². The van der Waals surface area contributed by atoms with Gasteiger partial charge >= 0.3 is 0 Å². The van der Waals surface area contributed by atoms with Crippen LogP contribution in [0.15, 0.2) is 17.3 Å². The molecule has 0 saturated carbocycles. The molecular formula is C6H12N4O2S. The number of nitrogens with two attached hydrogens (primary N) is 1. The molecule has 0 aliphatic rings. The van der Waals surface area contributed by atoms with Crippen molar-refractivity contribution in [3.63, 3.8) is 0 Å². The third-order valence-electron chi connectivity index (χ3n) is 1.49. The van der Waals surface area contributed by atoms with Crippen LogP contribution in [0, 0.1) is 0 Å². The molecule has 7 heteroatoms. The quantitative estimate of drug-likeness (QED) is 0.635. The maximum atomic E-state index is 11.4. The highest BCUT2D eigenvalue weighted by molar-refractivity contribution is 7.89. The van der Waals surface area contributed by atoms with Crippen LogP contribution in [0.5, 0.6) is 0 Å². The lowest BCUT2D eigenvalue weighted by Crippen LogP contribution is -2.30. The highest BCUT2D eigenvalue weighted by Gasteiger charge is 2.16. The van der Waals surface area contributed by atoms with Gasteiger partial charge in [0, 0.05) is 20.1 Å². The molecule has 0 atom stereocenters. The van der Waals surface area contributed by atoms with Crippen LogP contribution in [-0.2, 0) is 17.1 Å². The van der Waals surface area contributed by atoms with Gasteiger partial charge < -0.3 is 5.73 Å². The molecule has 0 aliphatic carbocycles. The molecule has 0 fully saturated rings. The fourth-order valence-corrected chi connectivity index (χ4v) is 2.06. The predicted octanol–water partition coefficient (Wildman–Crippen LogP) is -1.34. The molecule has 0 spiro atoms. The molecule has 1 aromatic heterocycles. The van der Waals surface area contributed by atoms with Crippen molar-refractivity contribution in [2.24, 2.45) is 12.8 Å². The molecule has 0 bridgehead atoms. The summed E-state index contributed by atoms with van der Waals surface area (Å²) in [6.07, 6.45) is 1.43. The molecule has 1 heterocycles. The SMILES string of the molecule is Cn1nccc1S(=O)(=O)NCCN. The van der Waals surface area contributed by atoms with Crippen molar-refractivity contribution in [1.82, 2.24) is 14.5 Å². The van der Waals surface area contributed by atoms with Gasteiger partial charge in [-0.15, -0.1) is 0 Å². The second kappa shape index (κ2) is 3.86. The predicted molar refractivity (Wildman–Crippen MR) is 47.5 cm³/mol. The maximum Gasteiger partial charge on any atom is 0.257 e. The number of hydrogen-bond acceptors (Lipinski definition) is 4. The zero-order valence-electron chi connectivity index (χ0n) is 7.27. The van der Waals surface area contributed by atoms with Gasteiger partial charge in [0.25, 0.3) is 10.0 Å². The molecular weight excluding hydrogens is 192 g/mol. The van der Waals surface area contributed by atoms with E-state index in [0.717, 1.165) is 0 Å². The fraction of sp³-hybridized carbons (Fsp3) is 0.500. The Labute approximate surface area is 76.8 Å². The Kier molecular flexibility index (Phi) is 3.02. The van der Waals surface area contributed by atoms with E-state index in [1.54, 1.807) is 7.05 Å². The number of nitrogens with zero attached hydrogens (tertiary/aromatic N) is 2. The number of hydrogen-bond donors (Lipinski definition) is 2. The Morgan fingerprint density at radius 1 is 1.69 bits per heavy atom. The smallest absolute Gasteiger partial charge is 0.257 e. The van der Waals surface area contributed by atoms with Crippen molar-refractivity contribution >= 4 is 10.0 Å². The van der Waals surface area contributed by atoms with Gasteiger partial charge in [-0.05, 0) is 6.07 Å². The molecule has 13 heavy (non-hydrogen) atoms. The van der Waals surface area contributed by atoms with E-state index >= 15 is 0 Å². The molecule has 1 rings (SSSR count). The fourth-order valence-electron chi connectivity index (χ4n) is 0.893. The number of rotatable bonds is 4. The lowest BCUT2D eigenvalue weighted by molar-refractivity contribution is 0.563. The number of sulfonamides is 1. The highest BCUT2D eigenvalue weighted by atomic mass is 32.2. The van der Waals surface area contributed by atoms with Gasteiger partial charge in [-0.3, -0.25) is 4.68 Å². The van der Waals surface area contributed by atoms with Crippen molar-refractivity contribution in [3.05, 3.63) is 12.3 Å². The van der Waals surface area contributed by atoms with Crippen molar-refractivity contribution in [2.45, 2.75) is 5.03 Å². The summed E-state index contributed by atoms with van der Waals surface area (Å²) in [7, 11) is -1.87. The normalized spacial score (nSPS) is 11.8. The Balaban J connectivity index is 2.88. The van der Waals surface area contributed by atoms with Crippen LogP contribution in [0.2, 0.25) is 0 Å². The van der Waals surface area contributed by atoms with Crippen molar-refractivity contribution in [1.29, 1.82) is 0 Å². The first-order valence-corrected chi connectivity index (χ1v) is 5.24. The van der Waals surface area contributed by atoms with E-state index < -0.39 is 10.0 Å². The second-order valence-electron chi connectivity index (χ2n) is 2.48. The lowest BCUT2D eigenvalue weighted by atomic mass is 10.7. The van der Waals surface area contributed by atoms with Gasteiger partial charge in [0.1, 0.15) is 0 Å². The Morgan fingerprint density at radius 3 is 2.85 bits per heavy atom. The molecule has 3 N–H and O–H groups in total. The van der Waals surface area contributed by atoms with Crippen molar-refractivity contribution in [2.75, 3.05) is 13.1 Å². The highest BCUT2D eigenvalue weighted by Crippen LogP contribution is 2.04. The summed E-state index contributed by atoms with van der Waals surface area (Å²) in [5.74, 6) is 0. The zero-order chi connectivity index (χ0) is 9.90. The van der Waals surface area contributed by atoms with Gasteiger partial charge in [0.15, 0.2) is 5.03 Å². The summed E-state index contributed by atoms with van der Waals surface area (Å²) in [5.41, 5.74) is 5.18. The van der Waals surface area contributed by atoms with Crippen molar-refractivity contribution < 1.29 is 8.42 Å². The topological polar surface area (TPSA) is 90.0 Å². The Morgan fingerprint density at radius 2 is 2.38 bits per heavy atom. The molecule has 0 aliphatic heterocycles. The Hall–Kier alpha value is -0.920. The van der Waals surface area contributed by atoms with E-state index in [1.807, 2.05) is 0 Å². The molecule has 0 radical (unpaired) electrons. The van der Waals surface area contributed by atoms with E-state index in [4.69, 9.17) is 5.73 Å². The summed E-state index contributed by atoms with van der Waals surface area (Å²) in [6.45, 7) is 0.505. The minimum absolute atomic E-state index is 0.140. The largest absolute Gasteiger partial charge is 0.329 e. The average Bonchev–Trinajstić information content (AvgIpc) is 2.48. The third-order valence-corrected chi connectivity index (χ3v) is 3.02. The van der Waals surface area contributed by atoms with Crippen LogP contribution in [0.4, 0.5) is 0 Å². The Bertz CT molecular complexity index is 370. The maximum absolute atomic E-state index is 11.4. The molecule has 0 saturated heterocycles. The molecule has 0 amide bonds. The summed E-state index contributed by atoms with van der Waals surface area (Å²) < 4.78 is 26.5. The number of nitrogens with one attached hydrogen (secondary N) is 1. The van der Waals surface area contributed by atoms with Crippen LogP contribution in [0.25, 0.3) is 0 Å². The lowest BCUT2D eigenvalue weighted by Gasteiger charge is -2.04. The van der Waals surface area contributed by atoms with Gasteiger partial charge in [0.05, 0.1) is 6.20 Å². The van der Waals surface area contributed by atoms with E-state index in [0.29, 0.717) is 0 Å². The molecule has 0 unspecified atom stereocenters. The summed E-state index contributed by atoms with van der Waals surface area (Å²) in [4.78, 5) is 0. The van der Waals surface area contributed by atoms with Crippen molar-refractivity contribution in [3.8, 4) is 0 Å². The standard InChI is InChI=1S/C6H12N4O2S/c1-10-6(2-4-8-10)13(11,12)9-5-3-7/h2,4,9H,3,5,7H2,1H3. The summed E-state index contributed by atoms with van der Waals surface area (Å²) >= 11 is 0. The average molecular weight is 204 g/mol. The second-order valence-corrected chi connectivity index (χ2v) is 4.19. The first-order chi connectivity index (χ1) is 6.08. The minimum atomic E-state index is -3.44. The first-order valence-electron chi connectivity index (χ1n) is 3.75. The minimum Gasteiger partial charge on any atom is -0.329 e.